The summed E-state index contributed by atoms with van der Waals surface area (Å²) in [6.07, 6.45) is 0.962. The number of fused-ring (bicyclic) bond motifs is 1. The number of nitrogen functional groups attached to an aromatic ring is 1. The minimum Gasteiger partial charge on any atom is -0.481 e. The summed E-state index contributed by atoms with van der Waals surface area (Å²) in [7, 11) is 0. The Morgan fingerprint density at radius 2 is 1.68 bits per heavy atom. The van der Waals surface area contributed by atoms with E-state index in [1.54, 1.807) is 29.2 Å². The molecule has 0 aliphatic rings. The van der Waals surface area contributed by atoms with Gasteiger partial charge in [-0.25, -0.2) is 4.98 Å². The number of benzene rings is 3. The lowest BCUT2D eigenvalue weighted by Crippen LogP contribution is -2.33. The van der Waals surface area contributed by atoms with Crippen LogP contribution in [-0.4, -0.2) is 39.3 Å². The number of carboxylic acid groups (broad SMARTS) is 1. The van der Waals surface area contributed by atoms with Gasteiger partial charge in [0.15, 0.2) is 0 Å². The fourth-order valence-electron chi connectivity index (χ4n) is 3.74. The molecule has 0 aliphatic heterocycles. The maximum absolute atomic E-state index is 13.5. The number of amidine groups is 1. The van der Waals surface area contributed by atoms with Gasteiger partial charge in [0.25, 0.3) is 5.91 Å². The van der Waals surface area contributed by atoms with Crippen LogP contribution in [0.3, 0.4) is 0 Å². The van der Waals surface area contributed by atoms with Gasteiger partial charge in [-0.15, -0.1) is 0 Å². The number of aryl methyl sites for hydroxylation is 1. The number of carboxylic acids is 1. The average molecular weight is 456 g/mol. The third-order valence-corrected chi connectivity index (χ3v) is 5.56. The number of nitrogens with zero attached hydrogens (tertiary/aromatic N) is 2. The van der Waals surface area contributed by atoms with Crippen LogP contribution in [0, 0.1) is 5.41 Å². The number of anilines is 1. The standard InChI is InChI=1S/C26H25N5O3/c27-25(28)18-6-8-19(9-7-18)26(34)31(15-14-17-4-2-1-3-5-17)20-10-11-21-22(16-20)30-23(29-21)12-13-24(32)33/h1-11,16H,12-15H2,(H3,27,28)(H,29,30)(H,32,33). The molecule has 0 saturated heterocycles. The predicted octanol–water partition coefficient (Wildman–Crippen LogP) is 3.75. The first-order valence-corrected chi connectivity index (χ1v) is 10.9. The first kappa shape index (κ1) is 22.7. The molecule has 0 radical (unpaired) electrons. The lowest BCUT2D eigenvalue weighted by atomic mass is 10.1. The number of nitrogens with two attached hydrogens (primary N) is 1. The van der Waals surface area contributed by atoms with Gasteiger partial charge in [-0.3, -0.25) is 15.0 Å². The zero-order valence-electron chi connectivity index (χ0n) is 18.5. The second kappa shape index (κ2) is 9.99. The number of aromatic nitrogens is 2. The van der Waals surface area contributed by atoms with Crippen LogP contribution in [0.1, 0.15) is 33.7 Å². The number of aromatic amines is 1. The molecular formula is C26H25N5O3. The number of imidazole rings is 1. The molecule has 8 nitrogen and oxygen atoms in total. The molecule has 0 bridgehead atoms. The minimum atomic E-state index is -0.880. The van der Waals surface area contributed by atoms with E-state index in [-0.39, 0.29) is 18.2 Å². The average Bonchev–Trinajstić information content (AvgIpc) is 3.26. The van der Waals surface area contributed by atoms with E-state index in [2.05, 4.69) is 9.97 Å². The highest BCUT2D eigenvalue weighted by Gasteiger charge is 2.19. The highest BCUT2D eigenvalue weighted by molar-refractivity contribution is 6.07. The van der Waals surface area contributed by atoms with E-state index in [1.165, 1.54) is 0 Å². The SMILES string of the molecule is N=C(N)c1ccc(C(=O)N(CCc2ccccc2)c2ccc3[nH]c(CCC(=O)O)nc3c2)cc1. The third-order valence-electron chi connectivity index (χ3n) is 5.56. The van der Waals surface area contributed by atoms with Crippen molar-refractivity contribution in [2.75, 3.05) is 11.4 Å². The molecule has 0 fully saturated rings. The number of aliphatic carboxylic acids is 1. The molecule has 0 atom stereocenters. The number of amides is 1. The van der Waals surface area contributed by atoms with Gasteiger partial charge in [-0.2, -0.15) is 0 Å². The Hall–Kier alpha value is -4.46. The summed E-state index contributed by atoms with van der Waals surface area (Å²) >= 11 is 0. The van der Waals surface area contributed by atoms with Crippen molar-refractivity contribution in [3.05, 3.63) is 95.3 Å². The van der Waals surface area contributed by atoms with Crippen LogP contribution in [0.25, 0.3) is 11.0 Å². The molecule has 0 aliphatic carbocycles. The maximum atomic E-state index is 13.5. The first-order chi connectivity index (χ1) is 16.4. The molecule has 0 spiro atoms. The second-order valence-corrected chi connectivity index (χ2v) is 7.96. The highest BCUT2D eigenvalue weighted by atomic mass is 16.4. The monoisotopic (exact) mass is 455 g/mol. The largest absolute Gasteiger partial charge is 0.481 e. The molecular weight excluding hydrogens is 430 g/mol. The van der Waals surface area contributed by atoms with E-state index >= 15 is 0 Å². The molecule has 0 saturated carbocycles. The van der Waals surface area contributed by atoms with Gasteiger partial charge in [-0.1, -0.05) is 42.5 Å². The van der Waals surface area contributed by atoms with Crippen molar-refractivity contribution in [3.63, 3.8) is 0 Å². The Balaban J connectivity index is 1.64. The van der Waals surface area contributed by atoms with E-state index in [1.807, 2.05) is 48.5 Å². The fraction of sp³-hybridized carbons (Fsp3) is 0.154. The molecule has 4 rings (SSSR count). The molecule has 8 heteroatoms. The fourth-order valence-corrected chi connectivity index (χ4v) is 3.74. The van der Waals surface area contributed by atoms with E-state index < -0.39 is 5.97 Å². The van der Waals surface area contributed by atoms with Crippen molar-refractivity contribution in [1.29, 1.82) is 5.41 Å². The molecule has 4 aromatic rings. The maximum Gasteiger partial charge on any atom is 0.303 e. The number of hydrogen-bond acceptors (Lipinski definition) is 4. The quantitative estimate of drug-likeness (QED) is 0.225. The number of H-pyrrole nitrogens is 1. The second-order valence-electron chi connectivity index (χ2n) is 7.96. The minimum absolute atomic E-state index is 0.00930. The van der Waals surface area contributed by atoms with Crippen LogP contribution >= 0.6 is 0 Å². The number of rotatable bonds is 9. The van der Waals surface area contributed by atoms with E-state index in [0.29, 0.717) is 47.5 Å². The number of carbonyl (C=O) groups is 2. The van der Waals surface area contributed by atoms with Gasteiger partial charge in [0.1, 0.15) is 11.7 Å². The summed E-state index contributed by atoms with van der Waals surface area (Å²) in [5.41, 5.74) is 9.85. The van der Waals surface area contributed by atoms with Crippen LogP contribution in [-0.2, 0) is 17.6 Å². The summed E-state index contributed by atoms with van der Waals surface area (Å²) in [5, 5.41) is 16.5. The van der Waals surface area contributed by atoms with Crippen LogP contribution in [0.4, 0.5) is 5.69 Å². The topological polar surface area (TPSA) is 136 Å². The summed E-state index contributed by atoms with van der Waals surface area (Å²) in [4.78, 5) is 33.8. The molecule has 34 heavy (non-hydrogen) atoms. The molecule has 1 heterocycles. The molecule has 0 unspecified atom stereocenters. The molecule has 5 N–H and O–H groups in total. The van der Waals surface area contributed by atoms with Gasteiger partial charge >= 0.3 is 5.97 Å². The predicted molar refractivity (Wildman–Crippen MR) is 131 cm³/mol. The van der Waals surface area contributed by atoms with Gasteiger partial charge in [-0.05, 0) is 42.3 Å². The van der Waals surface area contributed by atoms with E-state index in [0.717, 1.165) is 11.1 Å². The normalized spacial score (nSPS) is 10.8. The van der Waals surface area contributed by atoms with Gasteiger partial charge < -0.3 is 20.7 Å². The third kappa shape index (κ3) is 5.29. The summed E-state index contributed by atoms with van der Waals surface area (Å²) in [6, 6.07) is 22.2. The Labute approximate surface area is 196 Å². The van der Waals surface area contributed by atoms with Crippen molar-refractivity contribution in [2.24, 2.45) is 5.73 Å². The summed E-state index contributed by atoms with van der Waals surface area (Å²) in [5.74, 6) is -0.513. The molecule has 1 aromatic heterocycles. The number of carbonyl (C=O) groups excluding carboxylic acids is 1. The highest BCUT2D eigenvalue weighted by Crippen LogP contribution is 2.24. The van der Waals surface area contributed by atoms with Crippen molar-refractivity contribution in [2.45, 2.75) is 19.3 Å². The van der Waals surface area contributed by atoms with Crippen molar-refractivity contribution >= 4 is 34.4 Å². The zero-order valence-corrected chi connectivity index (χ0v) is 18.5. The van der Waals surface area contributed by atoms with Crippen molar-refractivity contribution in [3.8, 4) is 0 Å². The summed E-state index contributed by atoms with van der Waals surface area (Å²) in [6.45, 7) is 0.457. The van der Waals surface area contributed by atoms with Crippen molar-refractivity contribution in [1.82, 2.24) is 9.97 Å². The Morgan fingerprint density at radius 3 is 2.35 bits per heavy atom. The Morgan fingerprint density at radius 1 is 0.971 bits per heavy atom. The van der Waals surface area contributed by atoms with Crippen LogP contribution < -0.4 is 10.6 Å². The molecule has 1 amide bonds. The van der Waals surface area contributed by atoms with Crippen molar-refractivity contribution < 1.29 is 14.7 Å². The lowest BCUT2D eigenvalue weighted by Gasteiger charge is -2.23. The molecule has 3 aromatic carbocycles. The Bertz CT molecular complexity index is 1330. The number of hydrogen-bond donors (Lipinski definition) is 4. The van der Waals surface area contributed by atoms with Crippen LogP contribution in [0.5, 0.6) is 0 Å². The van der Waals surface area contributed by atoms with Crippen LogP contribution in [0.2, 0.25) is 0 Å². The van der Waals surface area contributed by atoms with E-state index in [4.69, 9.17) is 16.2 Å². The lowest BCUT2D eigenvalue weighted by molar-refractivity contribution is -0.137. The van der Waals surface area contributed by atoms with Gasteiger partial charge in [0, 0.05) is 29.8 Å². The number of nitrogens with one attached hydrogen (secondary N) is 2. The zero-order chi connectivity index (χ0) is 24.1. The Kier molecular flexibility index (Phi) is 6.68. The summed E-state index contributed by atoms with van der Waals surface area (Å²) < 4.78 is 0. The molecule has 172 valence electrons. The van der Waals surface area contributed by atoms with E-state index in [9.17, 15) is 9.59 Å². The van der Waals surface area contributed by atoms with Crippen LogP contribution in [0.15, 0.2) is 72.8 Å². The first-order valence-electron chi connectivity index (χ1n) is 10.9. The smallest absolute Gasteiger partial charge is 0.303 e. The van der Waals surface area contributed by atoms with Gasteiger partial charge in [0.2, 0.25) is 0 Å². The van der Waals surface area contributed by atoms with Gasteiger partial charge in [0.05, 0.1) is 17.5 Å².